The Hall–Kier alpha value is -1.88. The SMILES string of the molecule is C[C@@H]1Sc2ccc(C(=O)N3CCN(S(=O)(=O)c4cccs4)CC3)cc2NC1=O. The van der Waals surface area contributed by atoms with Crippen LogP contribution in [-0.4, -0.2) is 60.9 Å². The van der Waals surface area contributed by atoms with Crippen LogP contribution >= 0.6 is 23.1 Å². The third kappa shape index (κ3) is 3.57. The average Bonchev–Trinajstić information content (AvgIpc) is 3.24. The summed E-state index contributed by atoms with van der Waals surface area (Å²) >= 11 is 2.66. The minimum atomic E-state index is -3.49. The lowest BCUT2D eigenvalue weighted by Crippen LogP contribution is -2.50. The minimum absolute atomic E-state index is 0.0745. The third-order valence-corrected chi connectivity index (χ3v) is 9.22. The fourth-order valence-electron chi connectivity index (χ4n) is 3.19. The van der Waals surface area contributed by atoms with Gasteiger partial charge in [0.15, 0.2) is 0 Å². The number of nitrogens with zero attached hydrogens (tertiary/aromatic N) is 2. The number of thioether (sulfide) groups is 1. The number of rotatable bonds is 3. The van der Waals surface area contributed by atoms with Crippen molar-refractivity contribution in [2.75, 3.05) is 31.5 Å². The number of sulfonamides is 1. The summed E-state index contributed by atoms with van der Waals surface area (Å²) in [5, 5.41) is 4.41. The van der Waals surface area contributed by atoms with Crippen LogP contribution in [0.5, 0.6) is 0 Å². The highest BCUT2D eigenvalue weighted by Gasteiger charge is 2.31. The van der Waals surface area contributed by atoms with Gasteiger partial charge in [0.25, 0.3) is 15.9 Å². The number of thiophene rings is 1. The van der Waals surface area contributed by atoms with Crippen LogP contribution in [0, 0.1) is 0 Å². The molecular formula is C18H19N3O4S3. The molecule has 0 radical (unpaired) electrons. The zero-order chi connectivity index (χ0) is 19.9. The second kappa shape index (κ2) is 7.51. The van der Waals surface area contributed by atoms with Crippen LogP contribution < -0.4 is 5.32 Å². The Morgan fingerprint density at radius 2 is 1.93 bits per heavy atom. The molecule has 1 aromatic carbocycles. The molecule has 0 saturated carbocycles. The van der Waals surface area contributed by atoms with Crippen molar-refractivity contribution in [1.82, 2.24) is 9.21 Å². The van der Waals surface area contributed by atoms with Gasteiger partial charge in [0.05, 0.1) is 10.9 Å². The normalized spacial score (nSPS) is 20.5. The van der Waals surface area contributed by atoms with E-state index in [1.807, 2.05) is 13.0 Å². The molecule has 0 unspecified atom stereocenters. The van der Waals surface area contributed by atoms with E-state index in [1.54, 1.807) is 34.5 Å². The van der Waals surface area contributed by atoms with Gasteiger partial charge in [-0.1, -0.05) is 6.07 Å². The smallest absolute Gasteiger partial charge is 0.254 e. The van der Waals surface area contributed by atoms with Gasteiger partial charge in [0, 0.05) is 36.6 Å². The molecule has 28 heavy (non-hydrogen) atoms. The Bertz CT molecular complexity index is 1010. The maximum absolute atomic E-state index is 12.9. The van der Waals surface area contributed by atoms with Crippen molar-refractivity contribution in [2.45, 2.75) is 21.3 Å². The molecule has 2 aliphatic heterocycles. The second-order valence-corrected chi connectivity index (χ2v) is 11.1. The van der Waals surface area contributed by atoms with Gasteiger partial charge in [-0.15, -0.1) is 23.1 Å². The molecule has 0 bridgehead atoms. The van der Waals surface area contributed by atoms with Crippen molar-refractivity contribution in [2.24, 2.45) is 0 Å². The van der Waals surface area contributed by atoms with Gasteiger partial charge in [0.1, 0.15) is 4.21 Å². The fraction of sp³-hybridized carbons (Fsp3) is 0.333. The van der Waals surface area contributed by atoms with E-state index < -0.39 is 10.0 Å². The first-order valence-electron chi connectivity index (χ1n) is 8.81. The predicted octanol–water partition coefficient (Wildman–Crippen LogP) is 2.33. The van der Waals surface area contributed by atoms with E-state index in [4.69, 9.17) is 0 Å². The molecule has 148 valence electrons. The number of hydrogen-bond donors (Lipinski definition) is 1. The number of hydrogen-bond acceptors (Lipinski definition) is 6. The number of fused-ring (bicyclic) bond motifs is 1. The van der Waals surface area contributed by atoms with E-state index >= 15 is 0 Å². The number of anilines is 1. The standard InChI is InChI=1S/C18H19N3O4S3/c1-12-17(22)19-14-11-13(4-5-15(14)27-12)18(23)20-6-8-21(9-7-20)28(24,25)16-3-2-10-26-16/h2-5,10-12H,6-9H2,1H3,(H,19,22)/t12-/m0/s1. The van der Waals surface area contributed by atoms with Gasteiger partial charge in [-0.05, 0) is 36.6 Å². The van der Waals surface area contributed by atoms with Crippen molar-refractivity contribution in [3.8, 4) is 0 Å². The summed E-state index contributed by atoms with van der Waals surface area (Å²) in [6.45, 7) is 3.03. The number of piperazine rings is 1. The quantitative estimate of drug-likeness (QED) is 0.796. The van der Waals surface area contributed by atoms with Gasteiger partial charge in [0.2, 0.25) is 5.91 Å². The highest BCUT2D eigenvalue weighted by atomic mass is 32.2. The molecular weight excluding hydrogens is 418 g/mol. The summed E-state index contributed by atoms with van der Waals surface area (Å²) in [6.07, 6.45) is 0. The summed E-state index contributed by atoms with van der Waals surface area (Å²) in [6, 6.07) is 8.61. The molecule has 3 heterocycles. The predicted molar refractivity (Wildman–Crippen MR) is 109 cm³/mol. The van der Waals surface area contributed by atoms with Crippen molar-refractivity contribution < 1.29 is 18.0 Å². The lowest BCUT2D eigenvalue weighted by Gasteiger charge is -2.34. The van der Waals surface area contributed by atoms with E-state index in [-0.39, 0.29) is 30.2 Å². The van der Waals surface area contributed by atoms with Crippen LogP contribution in [0.25, 0.3) is 0 Å². The van der Waals surface area contributed by atoms with E-state index in [0.717, 1.165) is 4.90 Å². The Morgan fingerprint density at radius 3 is 2.61 bits per heavy atom. The second-order valence-electron chi connectivity index (χ2n) is 6.59. The molecule has 0 spiro atoms. The van der Waals surface area contributed by atoms with Gasteiger partial charge >= 0.3 is 0 Å². The lowest BCUT2D eigenvalue weighted by molar-refractivity contribution is -0.115. The minimum Gasteiger partial charge on any atom is -0.336 e. The van der Waals surface area contributed by atoms with Crippen LogP contribution in [0.4, 0.5) is 5.69 Å². The molecule has 1 N–H and O–H groups in total. The first kappa shape index (κ1) is 19.4. The Balaban J connectivity index is 1.45. The zero-order valence-corrected chi connectivity index (χ0v) is 17.6. The van der Waals surface area contributed by atoms with Crippen molar-refractivity contribution in [3.63, 3.8) is 0 Å². The highest BCUT2D eigenvalue weighted by Crippen LogP contribution is 2.36. The first-order valence-corrected chi connectivity index (χ1v) is 12.0. The molecule has 2 aromatic rings. The Morgan fingerprint density at radius 1 is 1.18 bits per heavy atom. The summed E-state index contributed by atoms with van der Waals surface area (Å²) in [7, 11) is -3.49. The third-order valence-electron chi connectivity index (χ3n) is 4.77. The maximum Gasteiger partial charge on any atom is 0.254 e. The Labute approximate surface area is 171 Å². The number of benzene rings is 1. The molecule has 1 aromatic heterocycles. The molecule has 2 amide bonds. The van der Waals surface area contributed by atoms with E-state index in [2.05, 4.69) is 5.32 Å². The first-order chi connectivity index (χ1) is 13.4. The monoisotopic (exact) mass is 437 g/mol. The molecule has 2 aliphatic rings. The fourth-order valence-corrected chi connectivity index (χ4v) is 6.69. The van der Waals surface area contributed by atoms with Crippen molar-refractivity contribution >= 4 is 50.6 Å². The van der Waals surface area contributed by atoms with Gasteiger partial charge in [-0.25, -0.2) is 8.42 Å². The van der Waals surface area contributed by atoms with Gasteiger partial charge in [-0.2, -0.15) is 4.31 Å². The van der Waals surface area contributed by atoms with Crippen molar-refractivity contribution in [1.29, 1.82) is 0 Å². The van der Waals surface area contributed by atoms with Crippen molar-refractivity contribution in [3.05, 3.63) is 41.3 Å². The van der Waals surface area contributed by atoms with Crippen LogP contribution in [0.3, 0.4) is 0 Å². The molecule has 10 heteroatoms. The number of amides is 2. The molecule has 1 saturated heterocycles. The van der Waals surface area contributed by atoms with Crippen LogP contribution in [0.1, 0.15) is 17.3 Å². The summed E-state index contributed by atoms with van der Waals surface area (Å²) < 4.78 is 27.0. The molecule has 1 fully saturated rings. The van der Waals surface area contributed by atoms with Crippen LogP contribution in [-0.2, 0) is 14.8 Å². The number of carbonyl (C=O) groups excluding carboxylic acids is 2. The lowest BCUT2D eigenvalue weighted by atomic mass is 10.1. The summed E-state index contributed by atoms with van der Waals surface area (Å²) in [4.78, 5) is 27.3. The van der Waals surface area contributed by atoms with Crippen LogP contribution in [0.2, 0.25) is 0 Å². The maximum atomic E-state index is 12.9. The van der Waals surface area contributed by atoms with E-state index in [1.165, 1.54) is 27.4 Å². The number of nitrogens with one attached hydrogen (secondary N) is 1. The van der Waals surface area contributed by atoms with E-state index in [0.29, 0.717) is 28.5 Å². The highest BCUT2D eigenvalue weighted by molar-refractivity contribution is 8.01. The largest absolute Gasteiger partial charge is 0.336 e. The van der Waals surface area contributed by atoms with Gasteiger partial charge < -0.3 is 10.2 Å². The molecule has 0 aliphatic carbocycles. The molecule has 1 atom stereocenters. The number of carbonyl (C=O) groups is 2. The average molecular weight is 438 g/mol. The van der Waals surface area contributed by atoms with E-state index in [9.17, 15) is 18.0 Å². The topological polar surface area (TPSA) is 86.8 Å². The summed E-state index contributed by atoms with van der Waals surface area (Å²) in [5.41, 5.74) is 1.14. The molecule has 7 nitrogen and oxygen atoms in total. The van der Waals surface area contributed by atoms with Crippen LogP contribution in [0.15, 0.2) is 44.8 Å². The summed E-state index contributed by atoms with van der Waals surface area (Å²) in [5.74, 6) is -0.233. The Kier molecular flexibility index (Phi) is 5.21. The zero-order valence-electron chi connectivity index (χ0n) is 15.1. The van der Waals surface area contributed by atoms with Gasteiger partial charge in [-0.3, -0.25) is 9.59 Å². The molecule has 4 rings (SSSR count).